The zero-order chi connectivity index (χ0) is 13.8. The van der Waals surface area contributed by atoms with Crippen LogP contribution in [-0.2, 0) is 11.3 Å². The van der Waals surface area contributed by atoms with Crippen LogP contribution in [0.5, 0.6) is 0 Å². The second-order valence-corrected chi connectivity index (χ2v) is 5.87. The van der Waals surface area contributed by atoms with E-state index < -0.39 is 0 Å². The van der Waals surface area contributed by atoms with Gasteiger partial charge >= 0.3 is 0 Å². The van der Waals surface area contributed by atoms with E-state index in [1.807, 2.05) is 5.38 Å². The SMILES string of the molecule is Fc1ccc(-c2csc(CN[C@H]3CCCOC3)n2)cc1. The van der Waals surface area contributed by atoms with E-state index in [0.717, 1.165) is 48.9 Å². The van der Waals surface area contributed by atoms with Gasteiger partial charge < -0.3 is 10.1 Å². The minimum atomic E-state index is -0.219. The highest BCUT2D eigenvalue weighted by molar-refractivity contribution is 7.09. The molecule has 0 spiro atoms. The van der Waals surface area contributed by atoms with Crippen molar-refractivity contribution in [1.29, 1.82) is 0 Å². The predicted molar refractivity (Wildman–Crippen MR) is 78.2 cm³/mol. The largest absolute Gasteiger partial charge is 0.380 e. The number of rotatable bonds is 4. The highest BCUT2D eigenvalue weighted by atomic mass is 32.1. The number of nitrogens with one attached hydrogen (secondary N) is 1. The molecule has 5 heteroatoms. The summed E-state index contributed by atoms with van der Waals surface area (Å²) in [4.78, 5) is 4.59. The van der Waals surface area contributed by atoms with Gasteiger partial charge in [-0.2, -0.15) is 0 Å². The van der Waals surface area contributed by atoms with Crippen LogP contribution in [0.15, 0.2) is 29.6 Å². The quantitative estimate of drug-likeness (QED) is 0.939. The number of thiazole rings is 1. The van der Waals surface area contributed by atoms with E-state index in [9.17, 15) is 4.39 Å². The van der Waals surface area contributed by atoms with Gasteiger partial charge in [0.25, 0.3) is 0 Å². The first-order valence-corrected chi connectivity index (χ1v) is 7.71. The van der Waals surface area contributed by atoms with Gasteiger partial charge in [-0.15, -0.1) is 11.3 Å². The fourth-order valence-corrected chi connectivity index (χ4v) is 3.03. The van der Waals surface area contributed by atoms with Crippen LogP contribution in [0, 0.1) is 5.82 Å². The van der Waals surface area contributed by atoms with Crippen molar-refractivity contribution in [2.75, 3.05) is 13.2 Å². The van der Waals surface area contributed by atoms with Gasteiger partial charge in [-0.3, -0.25) is 0 Å². The standard InChI is InChI=1S/C15H17FN2OS/c16-12-5-3-11(4-6-12)14-10-20-15(18-14)8-17-13-2-1-7-19-9-13/h3-6,10,13,17H,1-2,7-9H2/t13-/m0/s1. The molecule has 20 heavy (non-hydrogen) atoms. The third kappa shape index (κ3) is 3.42. The molecule has 1 atom stereocenters. The summed E-state index contributed by atoms with van der Waals surface area (Å²) in [5, 5.41) is 6.54. The van der Waals surface area contributed by atoms with Gasteiger partial charge in [-0.1, -0.05) is 0 Å². The topological polar surface area (TPSA) is 34.1 Å². The molecule has 0 radical (unpaired) electrons. The normalized spacial score (nSPS) is 19.1. The molecule has 2 heterocycles. The summed E-state index contributed by atoms with van der Waals surface area (Å²) in [7, 11) is 0. The van der Waals surface area contributed by atoms with Crippen molar-refractivity contribution in [2.45, 2.75) is 25.4 Å². The Labute approximate surface area is 121 Å². The van der Waals surface area contributed by atoms with E-state index in [1.165, 1.54) is 12.1 Å². The third-order valence-corrected chi connectivity index (χ3v) is 4.24. The van der Waals surface area contributed by atoms with Crippen molar-refractivity contribution in [3.8, 4) is 11.3 Å². The molecule has 0 unspecified atom stereocenters. The first kappa shape index (κ1) is 13.7. The maximum absolute atomic E-state index is 12.9. The molecule has 0 bridgehead atoms. The molecule has 1 N–H and O–H groups in total. The van der Waals surface area contributed by atoms with Crippen molar-refractivity contribution in [3.05, 3.63) is 40.5 Å². The zero-order valence-corrected chi connectivity index (χ0v) is 12.0. The van der Waals surface area contributed by atoms with E-state index in [-0.39, 0.29) is 5.82 Å². The Morgan fingerprint density at radius 1 is 1.35 bits per heavy atom. The second-order valence-electron chi connectivity index (χ2n) is 4.93. The first-order valence-electron chi connectivity index (χ1n) is 6.83. The van der Waals surface area contributed by atoms with Crippen LogP contribution < -0.4 is 5.32 Å². The summed E-state index contributed by atoms with van der Waals surface area (Å²) in [6, 6.07) is 6.88. The molecule has 1 aromatic carbocycles. The molecule has 2 aromatic rings. The van der Waals surface area contributed by atoms with Gasteiger partial charge in [0.05, 0.1) is 12.3 Å². The molecule has 1 aromatic heterocycles. The molecular weight excluding hydrogens is 275 g/mol. The fourth-order valence-electron chi connectivity index (χ4n) is 2.28. The fraction of sp³-hybridized carbons (Fsp3) is 0.400. The second kappa shape index (κ2) is 6.43. The lowest BCUT2D eigenvalue weighted by Gasteiger charge is -2.22. The Bertz CT molecular complexity index is 549. The average Bonchev–Trinajstić information content (AvgIpc) is 2.96. The molecule has 0 amide bonds. The molecule has 0 aliphatic carbocycles. The number of ether oxygens (including phenoxy) is 1. The van der Waals surface area contributed by atoms with Crippen LogP contribution in [0.3, 0.4) is 0 Å². The van der Waals surface area contributed by atoms with Crippen LogP contribution in [-0.4, -0.2) is 24.2 Å². The summed E-state index contributed by atoms with van der Waals surface area (Å²) in [5.41, 5.74) is 1.86. The van der Waals surface area contributed by atoms with E-state index in [1.54, 1.807) is 23.5 Å². The third-order valence-electron chi connectivity index (χ3n) is 3.39. The van der Waals surface area contributed by atoms with E-state index in [0.29, 0.717) is 6.04 Å². The number of hydrogen-bond donors (Lipinski definition) is 1. The summed E-state index contributed by atoms with van der Waals surface area (Å²) in [6.45, 7) is 2.43. The molecule has 106 valence electrons. The van der Waals surface area contributed by atoms with E-state index in [4.69, 9.17) is 4.74 Å². The Morgan fingerprint density at radius 2 is 2.20 bits per heavy atom. The zero-order valence-electron chi connectivity index (χ0n) is 11.1. The summed E-state index contributed by atoms with van der Waals surface area (Å²) < 4.78 is 18.3. The van der Waals surface area contributed by atoms with E-state index in [2.05, 4.69) is 10.3 Å². The minimum absolute atomic E-state index is 0.219. The highest BCUT2D eigenvalue weighted by Crippen LogP contribution is 2.22. The van der Waals surface area contributed by atoms with Crippen molar-refractivity contribution in [3.63, 3.8) is 0 Å². The monoisotopic (exact) mass is 292 g/mol. The number of hydrogen-bond acceptors (Lipinski definition) is 4. The lowest BCUT2D eigenvalue weighted by atomic mass is 10.1. The molecule has 0 saturated carbocycles. The lowest BCUT2D eigenvalue weighted by Crippen LogP contribution is -2.36. The molecule has 1 aliphatic heterocycles. The molecule has 1 saturated heterocycles. The first-order chi connectivity index (χ1) is 9.81. The van der Waals surface area contributed by atoms with Crippen molar-refractivity contribution < 1.29 is 9.13 Å². The molecule has 3 nitrogen and oxygen atoms in total. The maximum atomic E-state index is 12.9. The van der Waals surface area contributed by atoms with Crippen molar-refractivity contribution >= 4 is 11.3 Å². The van der Waals surface area contributed by atoms with Crippen LogP contribution in [0.25, 0.3) is 11.3 Å². The Morgan fingerprint density at radius 3 is 2.95 bits per heavy atom. The van der Waals surface area contributed by atoms with Gasteiger partial charge in [0, 0.05) is 30.1 Å². The van der Waals surface area contributed by atoms with Gasteiger partial charge in [-0.25, -0.2) is 9.37 Å². The van der Waals surface area contributed by atoms with Crippen molar-refractivity contribution in [2.24, 2.45) is 0 Å². The summed E-state index contributed by atoms with van der Waals surface area (Å²) in [6.07, 6.45) is 2.28. The average molecular weight is 292 g/mol. The lowest BCUT2D eigenvalue weighted by molar-refractivity contribution is 0.0699. The van der Waals surface area contributed by atoms with Crippen LogP contribution in [0.1, 0.15) is 17.8 Å². The maximum Gasteiger partial charge on any atom is 0.123 e. The number of halogens is 1. The van der Waals surface area contributed by atoms with Crippen molar-refractivity contribution in [1.82, 2.24) is 10.3 Å². The van der Waals surface area contributed by atoms with Gasteiger partial charge in [0.15, 0.2) is 0 Å². The summed E-state index contributed by atoms with van der Waals surface area (Å²) >= 11 is 1.63. The summed E-state index contributed by atoms with van der Waals surface area (Å²) in [5.74, 6) is -0.219. The van der Waals surface area contributed by atoms with Crippen LogP contribution in [0.2, 0.25) is 0 Å². The molecule has 1 fully saturated rings. The van der Waals surface area contributed by atoms with Crippen LogP contribution >= 0.6 is 11.3 Å². The minimum Gasteiger partial charge on any atom is -0.380 e. The molecule has 3 rings (SSSR count). The Kier molecular flexibility index (Phi) is 4.40. The highest BCUT2D eigenvalue weighted by Gasteiger charge is 2.13. The van der Waals surface area contributed by atoms with Gasteiger partial charge in [0.1, 0.15) is 10.8 Å². The molecular formula is C15H17FN2OS. The Balaban J connectivity index is 1.60. The number of nitrogens with zero attached hydrogens (tertiary/aromatic N) is 1. The van der Waals surface area contributed by atoms with Crippen LogP contribution in [0.4, 0.5) is 4.39 Å². The van der Waals surface area contributed by atoms with Gasteiger partial charge in [-0.05, 0) is 37.1 Å². The Hall–Kier alpha value is -1.30. The van der Waals surface area contributed by atoms with Gasteiger partial charge in [0.2, 0.25) is 0 Å². The smallest absolute Gasteiger partial charge is 0.123 e. The predicted octanol–water partition coefficient (Wildman–Crippen LogP) is 3.22. The van der Waals surface area contributed by atoms with E-state index >= 15 is 0 Å². The number of aromatic nitrogens is 1. The molecule has 1 aliphatic rings. The number of benzene rings is 1.